The summed E-state index contributed by atoms with van der Waals surface area (Å²) in [5.41, 5.74) is -0.182. The highest BCUT2D eigenvalue weighted by Gasteiger charge is 2.40. The van der Waals surface area contributed by atoms with Gasteiger partial charge in [0.05, 0.1) is 0 Å². The summed E-state index contributed by atoms with van der Waals surface area (Å²) < 4.78 is 6.27. The van der Waals surface area contributed by atoms with Gasteiger partial charge >= 0.3 is 6.09 Å². The van der Waals surface area contributed by atoms with Gasteiger partial charge in [0.1, 0.15) is 11.8 Å². The number of Topliss-reactive ketones (excluding diaryl/α,β-unsaturated/α-hetero) is 1. The first-order valence-electron chi connectivity index (χ1n) is 9.84. The molecule has 1 aromatic carbocycles. The summed E-state index contributed by atoms with van der Waals surface area (Å²) in [7, 11) is -1.96. The van der Waals surface area contributed by atoms with E-state index in [4.69, 9.17) is 4.43 Å². The number of carbonyl (C=O) groups excluding carboxylic acids is 1. The lowest BCUT2D eigenvalue weighted by atomic mass is 9.90. The van der Waals surface area contributed by atoms with E-state index in [1.54, 1.807) is 32.9 Å². The summed E-state index contributed by atoms with van der Waals surface area (Å²) in [6.45, 7) is 20.0. The van der Waals surface area contributed by atoms with Gasteiger partial charge in [-0.3, -0.25) is 9.69 Å². The number of hydrogen-bond acceptors (Lipinski definition) is 3. The number of amides is 1. The number of benzene rings is 1. The molecule has 1 rings (SSSR count). The van der Waals surface area contributed by atoms with E-state index in [1.165, 1.54) is 4.90 Å². The van der Waals surface area contributed by atoms with E-state index >= 15 is 0 Å². The van der Waals surface area contributed by atoms with Crippen LogP contribution in [0, 0.1) is 5.92 Å². The van der Waals surface area contributed by atoms with E-state index in [1.807, 2.05) is 26.0 Å². The van der Waals surface area contributed by atoms with Crippen molar-refractivity contribution in [3.8, 4) is 5.75 Å². The van der Waals surface area contributed by atoms with Crippen LogP contribution in [0.1, 0.15) is 65.7 Å². The molecular weight excluding hydrogens is 370 g/mol. The number of rotatable bonds is 6. The van der Waals surface area contributed by atoms with E-state index in [0.29, 0.717) is 5.56 Å². The molecule has 6 heteroatoms. The van der Waals surface area contributed by atoms with E-state index in [-0.39, 0.29) is 16.7 Å². The van der Waals surface area contributed by atoms with Crippen LogP contribution in [-0.2, 0) is 0 Å². The average molecular weight is 408 g/mol. The highest BCUT2D eigenvalue weighted by Crippen LogP contribution is 2.37. The van der Waals surface area contributed by atoms with Gasteiger partial charge in [0.25, 0.3) is 0 Å². The molecule has 0 unspecified atom stereocenters. The predicted octanol–water partition coefficient (Wildman–Crippen LogP) is 6.06. The largest absolute Gasteiger partial charge is 0.544 e. The molecule has 1 atom stereocenters. The SMILES string of the molecule is CC(C)[C@@H](C(=O)c1ccc(O[Si](C)(C)C(C)(C)C)cc1)N(C(=O)O)C(C)(C)C. The molecule has 0 bridgehead atoms. The number of carbonyl (C=O) groups is 2. The Balaban J connectivity index is 3.18. The molecule has 0 fully saturated rings. The van der Waals surface area contributed by atoms with E-state index in [9.17, 15) is 14.7 Å². The molecule has 0 aliphatic rings. The number of ketones is 1. The molecule has 0 saturated heterocycles. The zero-order valence-corrected chi connectivity index (χ0v) is 20.1. The maximum absolute atomic E-state index is 13.2. The predicted molar refractivity (Wildman–Crippen MR) is 117 cm³/mol. The third-order valence-corrected chi connectivity index (χ3v) is 9.78. The molecule has 1 aromatic rings. The molecule has 28 heavy (non-hydrogen) atoms. The fourth-order valence-electron chi connectivity index (χ4n) is 2.85. The summed E-state index contributed by atoms with van der Waals surface area (Å²) >= 11 is 0. The van der Waals surface area contributed by atoms with Crippen molar-refractivity contribution in [2.45, 2.75) is 85.1 Å². The Morgan fingerprint density at radius 2 is 1.46 bits per heavy atom. The Labute approximate surface area is 171 Å². The Morgan fingerprint density at radius 3 is 1.79 bits per heavy atom. The first-order valence-corrected chi connectivity index (χ1v) is 12.8. The summed E-state index contributed by atoms with van der Waals surface area (Å²) in [5, 5.41) is 9.81. The van der Waals surface area contributed by atoms with E-state index in [0.717, 1.165) is 5.75 Å². The fourth-order valence-corrected chi connectivity index (χ4v) is 3.88. The smallest absolute Gasteiger partial charge is 0.408 e. The van der Waals surface area contributed by atoms with Crippen molar-refractivity contribution in [1.29, 1.82) is 0 Å². The van der Waals surface area contributed by atoms with Crippen molar-refractivity contribution in [2.75, 3.05) is 0 Å². The zero-order valence-electron chi connectivity index (χ0n) is 19.1. The maximum atomic E-state index is 13.2. The maximum Gasteiger partial charge on any atom is 0.408 e. The molecule has 0 spiro atoms. The molecule has 5 nitrogen and oxygen atoms in total. The minimum atomic E-state index is -1.96. The van der Waals surface area contributed by atoms with Crippen LogP contribution in [0.25, 0.3) is 0 Å². The Hall–Kier alpha value is -1.82. The summed E-state index contributed by atoms with van der Waals surface area (Å²) in [5.74, 6) is 0.410. The van der Waals surface area contributed by atoms with E-state index in [2.05, 4.69) is 33.9 Å². The van der Waals surface area contributed by atoms with Crippen LogP contribution in [0.3, 0.4) is 0 Å². The molecular formula is C22H37NO4Si. The summed E-state index contributed by atoms with van der Waals surface area (Å²) in [6, 6.07) is 6.36. The first kappa shape index (κ1) is 24.2. The van der Waals surface area contributed by atoms with Gasteiger partial charge in [-0.2, -0.15) is 0 Å². The minimum absolute atomic E-state index is 0.0823. The number of carboxylic acid groups (broad SMARTS) is 1. The molecule has 0 heterocycles. The third-order valence-electron chi connectivity index (χ3n) is 5.43. The second-order valence-corrected chi connectivity index (χ2v) is 15.0. The normalized spacial score (nSPS) is 14.0. The summed E-state index contributed by atoms with van der Waals surface area (Å²) in [4.78, 5) is 26.4. The molecule has 1 N–H and O–H groups in total. The van der Waals surface area contributed by atoms with Gasteiger partial charge in [-0.15, -0.1) is 0 Å². The topological polar surface area (TPSA) is 66.8 Å². The van der Waals surface area contributed by atoms with Gasteiger partial charge in [0.2, 0.25) is 8.32 Å². The van der Waals surface area contributed by atoms with Gasteiger partial charge < -0.3 is 9.53 Å². The van der Waals surface area contributed by atoms with Crippen molar-refractivity contribution in [2.24, 2.45) is 5.92 Å². The van der Waals surface area contributed by atoms with Crippen LogP contribution in [0.4, 0.5) is 4.79 Å². The molecule has 158 valence electrons. The molecule has 0 aliphatic heterocycles. The van der Waals surface area contributed by atoms with Gasteiger partial charge in [-0.1, -0.05) is 34.6 Å². The van der Waals surface area contributed by atoms with Gasteiger partial charge in [-0.25, -0.2) is 4.79 Å². The van der Waals surface area contributed by atoms with Gasteiger partial charge in [0.15, 0.2) is 5.78 Å². The highest BCUT2D eigenvalue weighted by molar-refractivity contribution is 6.74. The van der Waals surface area contributed by atoms with Crippen molar-refractivity contribution in [3.63, 3.8) is 0 Å². The Bertz CT molecular complexity index is 697. The quantitative estimate of drug-likeness (QED) is 0.460. The summed E-state index contributed by atoms with van der Waals surface area (Å²) in [6.07, 6.45) is -1.09. The zero-order chi connectivity index (χ0) is 22.1. The van der Waals surface area contributed by atoms with Crippen molar-refractivity contribution in [1.82, 2.24) is 4.90 Å². The van der Waals surface area contributed by atoms with Crippen molar-refractivity contribution < 1.29 is 19.1 Å². The van der Waals surface area contributed by atoms with Crippen LogP contribution in [0.15, 0.2) is 24.3 Å². The lowest BCUT2D eigenvalue weighted by Crippen LogP contribution is -2.56. The fraction of sp³-hybridized carbons (Fsp3) is 0.636. The first-order chi connectivity index (χ1) is 12.5. The molecule has 1 amide bonds. The molecule has 0 aliphatic carbocycles. The highest BCUT2D eigenvalue weighted by atomic mass is 28.4. The molecule has 0 radical (unpaired) electrons. The standard InChI is InChI=1S/C22H37NO4Si/c1-15(2)18(23(20(25)26)21(3,4)5)19(24)16-11-13-17(14-12-16)27-28(9,10)22(6,7)8/h11-15,18H,1-10H3,(H,25,26)/t18-/m0/s1. The van der Waals surface area contributed by atoms with Crippen LogP contribution in [0.5, 0.6) is 5.75 Å². The van der Waals surface area contributed by atoms with Crippen LogP contribution >= 0.6 is 0 Å². The average Bonchev–Trinajstić information content (AvgIpc) is 2.49. The van der Waals surface area contributed by atoms with Crippen molar-refractivity contribution in [3.05, 3.63) is 29.8 Å². The van der Waals surface area contributed by atoms with Crippen LogP contribution in [-0.4, -0.2) is 41.8 Å². The Kier molecular flexibility index (Phi) is 7.15. The van der Waals surface area contributed by atoms with Crippen molar-refractivity contribution >= 4 is 20.2 Å². The molecule has 0 saturated carbocycles. The lowest BCUT2D eigenvalue weighted by molar-refractivity contribution is 0.0443. The van der Waals surface area contributed by atoms with Gasteiger partial charge in [0, 0.05) is 11.1 Å². The Morgan fingerprint density at radius 1 is 1.00 bits per heavy atom. The third kappa shape index (κ3) is 5.60. The minimum Gasteiger partial charge on any atom is -0.544 e. The van der Waals surface area contributed by atoms with Gasteiger partial charge in [-0.05, 0) is 69.1 Å². The second kappa shape index (κ2) is 8.27. The lowest BCUT2D eigenvalue weighted by Gasteiger charge is -2.40. The second-order valence-electron chi connectivity index (χ2n) is 10.3. The van der Waals surface area contributed by atoms with Crippen LogP contribution < -0.4 is 4.43 Å². The van der Waals surface area contributed by atoms with Crippen LogP contribution in [0.2, 0.25) is 18.1 Å². The van der Waals surface area contributed by atoms with E-state index < -0.39 is 26.0 Å². The number of nitrogens with zero attached hydrogens (tertiary/aromatic N) is 1. The number of hydrogen-bond donors (Lipinski definition) is 1. The monoisotopic (exact) mass is 407 g/mol. The molecule has 0 aromatic heterocycles.